The lowest BCUT2D eigenvalue weighted by molar-refractivity contribution is 0.203. The highest BCUT2D eigenvalue weighted by Gasteiger charge is 2.24. The monoisotopic (exact) mass is 418 g/mol. The molecule has 0 aliphatic heterocycles. The molecule has 0 saturated carbocycles. The van der Waals surface area contributed by atoms with Crippen LogP contribution in [0.4, 0.5) is 0 Å². The molecule has 1 aromatic carbocycles. The molecule has 9 heteroatoms. The van der Waals surface area contributed by atoms with E-state index in [1.54, 1.807) is 17.8 Å². The Morgan fingerprint density at radius 3 is 2.70 bits per heavy atom. The zero-order valence-corrected chi connectivity index (χ0v) is 16.3. The van der Waals surface area contributed by atoms with Gasteiger partial charge in [0.2, 0.25) is 12.5 Å². The van der Waals surface area contributed by atoms with Crippen LogP contribution in [-0.2, 0) is 0 Å². The number of aromatic nitrogens is 4. The number of pyridine rings is 2. The lowest BCUT2D eigenvalue weighted by atomic mass is 10.2. The molecule has 6 nitrogen and oxygen atoms in total. The van der Waals surface area contributed by atoms with Crippen LogP contribution < -0.4 is 4.74 Å². The SMILES string of the molecule is CSc1cnc2ccc(OC(c3cc(Cl)c(Cl)cn3)c3nnco3)cc2c1. The van der Waals surface area contributed by atoms with Crippen molar-refractivity contribution in [1.82, 2.24) is 20.2 Å². The van der Waals surface area contributed by atoms with Crippen LogP contribution in [0.2, 0.25) is 10.0 Å². The Hall–Kier alpha value is -2.35. The fraction of sp³-hybridized carbons (Fsp3) is 0.111. The van der Waals surface area contributed by atoms with Gasteiger partial charge < -0.3 is 9.15 Å². The molecule has 1 atom stereocenters. The van der Waals surface area contributed by atoms with E-state index in [0.717, 1.165) is 15.8 Å². The minimum absolute atomic E-state index is 0.261. The Bertz CT molecular complexity index is 1090. The van der Waals surface area contributed by atoms with Gasteiger partial charge in [0.1, 0.15) is 5.75 Å². The molecule has 0 bridgehead atoms. The highest BCUT2D eigenvalue weighted by molar-refractivity contribution is 7.98. The van der Waals surface area contributed by atoms with Gasteiger partial charge in [0.25, 0.3) is 5.89 Å². The molecule has 0 fully saturated rings. The van der Waals surface area contributed by atoms with E-state index in [2.05, 4.69) is 26.2 Å². The maximum absolute atomic E-state index is 6.13. The highest BCUT2D eigenvalue weighted by atomic mass is 35.5. The summed E-state index contributed by atoms with van der Waals surface area (Å²) in [6, 6.07) is 9.30. The van der Waals surface area contributed by atoms with Gasteiger partial charge in [-0.3, -0.25) is 9.97 Å². The molecule has 0 amide bonds. The smallest absolute Gasteiger partial charge is 0.263 e. The van der Waals surface area contributed by atoms with E-state index in [0.29, 0.717) is 21.5 Å². The second-order valence-corrected chi connectivity index (χ2v) is 7.22. The topological polar surface area (TPSA) is 73.9 Å². The zero-order chi connectivity index (χ0) is 18.8. The van der Waals surface area contributed by atoms with Crippen molar-refractivity contribution in [2.24, 2.45) is 0 Å². The van der Waals surface area contributed by atoms with Crippen molar-refractivity contribution in [2.75, 3.05) is 6.26 Å². The average Bonchev–Trinajstić information content (AvgIpc) is 3.22. The van der Waals surface area contributed by atoms with Gasteiger partial charge in [-0.1, -0.05) is 23.2 Å². The summed E-state index contributed by atoms with van der Waals surface area (Å²) in [5.74, 6) is 0.871. The molecule has 0 spiro atoms. The number of ether oxygens (including phenoxy) is 1. The molecule has 27 heavy (non-hydrogen) atoms. The first-order valence-corrected chi connectivity index (χ1v) is 9.79. The first-order valence-electron chi connectivity index (χ1n) is 7.81. The Balaban J connectivity index is 1.73. The molecular formula is C18H12Cl2N4O2S. The van der Waals surface area contributed by atoms with Crippen molar-refractivity contribution >= 4 is 45.9 Å². The number of rotatable bonds is 5. The Morgan fingerprint density at radius 2 is 1.96 bits per heavy atom. The number of thioether (sulfide) groups is 1. The Morgan fingerprint density at radius 1 is 1.07 bits per heavy atom. The number of fused-ring (bicyclic) bond motifs is 1. The molecule has 3 heterocycles. The van der Waals surface area contributed by atoms with Crippen LogP contribution in [0, 0.1) is 0 Å². The standard InChI is InChI=1S/C18H12Cl2N4O2S/c1-27-12-5-10-4-11(2-3-15(10)21-7-12)26-17(18-24-23-9-25-18)16-6-13(19)14(20)8-22-16/h2-9,17H,1H3. The molecule has 0 saturated heterocycles. The van der Waals surface area contributed by atoms with E-state index >= 15 is 0 Å². The highest BCUT2D eigenvalue weighted by Crippen LogP contribution is 2.31. The molecule has 3 aromatic heterocycles. The number of hydrogen-bond donors (Lipinski definition) is 0. The average molecular weight is 419 g/mol. The van der Waals surface area contributed by atoms with Crippen molar-refractivity contribution < 1.29 is 9.15 Å². The van der Waals surface area contributed by atoms with Gasteiger partial charge >= 0.3 is 0 Å². The van der Waals surface area contributed by atoms with Crippen LogP contribution in [0.3, 0.4) is 0 Å². The largest absolute Gasteiger partial charge is 0.474 e. The molecule has 0 N–H and O–H groups in total. The summed E-state index contributed by atoms with van der Waals surface area (Å²) in [6.45, 7) is 0. The van der Waals surface area contributed by atoms with Gasteiger partial charge in [-0.05, 0) is 36.6 Å². The lowest BCUT2D eigenvalue weighted by Crippen LogP contribution is -2.12. The minimum Gasteiger partial charge on any atom is -0.474 e. The van der Waals surface area contributed by atoms with Gasteiger partial charge in [0.05, 0.1) is 21.3 Å². The van der Waals surface area contributed by atoms with E-state index < -0.39 is 6.10 Å². The van der Waals surface area contributed by atoms with E-state index in [9.17, 15) is 0 Å². The van der Waals surface area contributed by atoms with E-state index in [4.69, 9.17) is 32.4 Å². The second-order valence-electron chi connectivity index (χ2n) is 5.53. The summed E-state index contributed by atoms with van der Waals surface area (Å²) in [6.07, 6.45) is 5.81. The quantitative estimate of drug-likeness (QED) is 0.411. The third-order valence-electron chi connectivity index (χ3n) is 3.82. The van der Waals surface area contributed by atoms with Gasteiger partial charge in [-0.25, -0.2) is 0 Å². The molecule has 0 aliphatic carbocycles. The summed E-state index contributed by atoms with van der Waals surface area (Å²) in [4.78, 5) is 9.81. The van der Waals surface area contributed by atoms with Crippen LogP contribution in [0.25, 0.3) is 10.9 Å². The zero-order valence-electron chi connectivity index (χ0n) is 14.0. The maximum atomic E-state index is 6.13. The van der Waals surface area contributed by atoms with Crippen molar-refractivity contribution in [3.63, 3.8) is 0 Å². The first-order chi connectivity index (χ1) is 13.1. The fourth-order valence-electron chi connectivity index (χ4n) is 2.52. The molecular weight excluding hydrogens is 407 g/mol. The second kappa shape index (κ2) is 7.72. The molecule has 136 valence electrons. The normalized spacial score (nSPS) is 12.3. The Kier molecular flexibility index (Phi) is 5.15. The molecule has 4 aromatic rings. The van der Waals surface area contributed by atoms with Crippen molar-refractivity contribution in [2.45, 2.75) is 11.0 Å². The van der Waals surface area contributed by atoms with Crippen LogP contribution in [-0.4, -0.2) is 26.4 Å². The van der Waals surface area contributed by atoms with Gasteiger partial charge in [-0.2, -0.15) is 0 Å². The number of hydrogen-bond acceptors (Lipinski definition) is 7. The van der Waals surface area contributed by atoms with Gasteiger partial charge in [0.15, 0.2) is 0 Å². The van der Waals surface area contributed by atoms with Gasteiger partial charge in [0, 0.05) is 22.7 Å². The summed E-state index contributed by atoms with van der Waals surface area (Å²) in [5.41, 5.74) is 1.38. The lowest BCUT2D eigenvalue weighted by Gasteiger charge is -2.16. The summed E-state index contributed by atoms with van der Waals surface area (Å²) in [7, 11) is 0. The number of halogens is 2. The van der Waals surface area contributed by atoms with Crippen LogP contribution in [0.5, 0.6) is 5.75 Å². The summed E-state index contributed by atoms with van der Waals surface area (Å²) >= 11 is 13.7. The minimum atomic E-state index is -0.726. The molecule has 1 unspecified atom stereocenters. The van der Waals surface area contributed by atoms with Crippen molar-refractivity contribution in [1.29, 1.82) is 0 Å². The number of nitrogens with zero attached hydrogens (tertiary/aromatic N) is 4. The fourth-order valence-corrected chi connectivity index (χ4v) is 3.18. The third-order valence-corrected chi connectivity index (χ3v) is 5.22. The first kappa shape index (κ1) is 18.0. The molecule has 4 rings (SSSR count). The Labute approximate surface area is 168 Å². The summed E-state index contributed by atoms with van der Waals surface area (Å²) in [5, 5.41) is 9.36. The van der Waals surface area contributed by atoms with E-state index in [-0.39, 0.29) is 5.89 Å². The van der Waals surface area contributed by atoms with Gasteiger partial charge in [-0.15, -0.1) is 22.0 Å². The van der Waals surface area contributed by atoms with Crippen LogP contribution in [0.15, 0.2) is 58.4 Å². The molecule has 0 aliphatic rings. The van der Waals surface area contributed by atoms with E-state index in [1.165, 1.54) is 12.6 Å². The van der Waals surface area contributed by atoms with Crippen LogP contribution >= 0.6 is 35.0 Å². The van der Waals surface area contributed by atoms with Crippen molar-refractivity contribution in [3.8, 4) is 5.75 Å². The predicted octanol–water partition coefficient (Wildman–Crippen LogP) is 5.21. The molecule has 0 radical (unpaired) electrons. The predicted molar refractivity (Wildman–Crippen MR) is 105 cm³/mol. The van der Waals surface area contributed by atoms with Crippen molar-refractivity contribution in [3.05, 3.63) is 70.7 Å². The number of benzene rings is 1. The van der Waals surface area contributed by atoms with Crippen LogP contribution in [0.1, 0.15) is 17.7 Å². The third kappa shape index (κ3) is 3.85. The summed E-state index contributed by atoms with van der Waals surface area (Å²) < 4.78 is 11.5. The maximum Gasteiger partial charge on any atom is 0.263 e. The van der Waals surface area contributed by atoms with E-state index in [1.807, 2.05) is 30.7 Å².